The van der Waals surface area contributed by atoms with E-state index in [4.69, 9.17) is 10.5 Å². The van der Waals surface area contributed by atoms with Crippen LogP contribution in [0.4, 0.5) is 0 Å². The van der Waals surface area contributed by atoms with Crippen molar-refractivity contribution < 1.29 is 17.9 Å². The number of nitrogens with zero attached hydrogens (tertiary/aromatic N) is 1. The molecule has 0 radical (unpaired) electrons. The van der Waals surface area contributed by atoms with E-state index in [9.17, 15) is 13.2 Å². The van der Waals surface area contributed by atoms with Gasteiger partial charge in [0.15, 0.2) is 9.84 Å². The van der Waals surface area contributed by atoms with Crippen LogP contribution in [0.1, 0.15) is 44.9 Å². The number of rotatable bonds is 2. The maximum atomic E-state index is 12.7. The lowest BCUT2D eigenvalue weighted by molar-refractivity contribution is -0.143. The number of carbonyl (C=O) groups excluding carboxylic acids is 1. The fourth-order valence-electron chi connectivity index (χ4n) is 4.09. The Morgan fingerprint density at radius 3 is 2.52 bits per heavy atom. The molecule has 2 heterocycles. The standard InChI is InChI=1S/C15H26N2O4S.ClH/c16-10-12-4-5-13(21-12)14(18)17-8-9-22(19,20)15(11-17)6-2-1-3-7-15;/h12-13H,1-11,16H2;1H/t12-,13+;/m1./s1. The molecule has 8 heteroatoms. The Morgan fingerprint density at radius 1 is 1.22 bits per heavy atom. The first-order chi connectivity index (χ1) is 10.5. The van der Waals surface area contributed by atoms with Crippen LogP contribution in [-0.4, -0.2) is 61.6 Å². The van der Waals surface area contributed by atoms with Gasteiger partial charge in [0.25, 0.3) is 5.91 Å². The number of sulfone groups is 1. The second kappa shape index (κ2) is 7.25. The number of carbonyl (C=O) groups is 1. The summed E-state index contributed by atoms with van der Waals surface area (Å²) in [7, 11) is -3.11. The van der Waals surface area contributed by atoms with Crippen molar-refractivity contribution >= 4 is 28.2 Å². The summed E-state index contributed by atoms with van der Waals surface area (Å²) in [5, 5.41) is 0. The molecule has 0 bridgehead atoms. The molecule has 1 spiro atoms. The Morgan fingerprint density at radius 2 is 1.91 bits per heavy atom. The molecule has 2 atom stereocenters. The molecule has 2 saturated heterocycles. The van der Waals surface area contributed by atoms with E-state index in [-0.39, 0.29) is 30.2 Å². The predicted octanol–water partition coefficient (Wildman–Crippen LogP) is 0.874. The van der Waals surface area contributed by atoms with E-state index in [2.05, 4.69) is 0 Å². The highest BCUT2D eigenvalue weighted by Crippen LogP contribution is 2.39. The molecule has 1 amide bonds. The molecule has 23 heavy (non-hydrogen) atoms. The zero-order valence-corrected chi connectivity index (χ0v) is 15.0. The minimum Gasteiger partial charge on any atom is -0.364 e. The average molecular weight is 367 g/mol. The maximum Gasteiger partial charge on any atom is 0.251 e. The third-order valence-electron chi connectivity index (χ3n) is 5.49. The Hall–Kier alpha value is -0.370. The monoisotopic (exact) mass is 366 g/mol. The van der Waals surface area contributed by atoms with Gasteiger partial charge in [-0.2, -0.15) is 0 Å². The van der Waals surface area contributed by atoms with E-state index in [1.807, 2.05) is 0 Å². The summed E-state index contributed by atoms with van der Waals surface area (Å²) in [6, 6.07) is 0. The highest BCUT2D eigenvalue weighted by Gasteiger charge is 2.50. The van der Waals surface area contributed by atoms with Gasteiger partial charge in [-0.15, -0.1) is 12.4 Å². The van der Waals surface area contributed by atoms with Gasteiger partial charge in [-0.25, -0.2) is 8.42 Å². The molecular formula is C15H27ClN2O4S. The third kappa shape index (κ3) is 3.52. The molecule has 2 aliphatic heterocycles. The van der Waals surface area contributed by atoms with E-state index >= 15 is 0 Å². The minimum atomic E-state index is -3.11. The van der Waals surface area contributed by atoms with Crippen molar-refractivity contribution in [3.05, 3.63) is 0 Å². The molecular weight excluding hydrogens is 340 g/mol. The topological polar surface area (TPSA) is 89.7 Å². The molecule has 1 saturated carbocycles. The fourth-order valence-corrected chi connectivity index (χ4v) is 6.25. The Balaban J connectivity index is 0.00000192. The van der Waals surface area contributed by atoms with Crippen LogP contribution in [0.15, 0.2) is 0 Å². The van der Waals surface area contributed by atoms with Crippen LogP contribution < -0.4 is 5.73 Å². The largest absolute Gasteiger partial charge is 0.364 e. The molecule has 0 unspecified atom stereocenters. The van der Waals surface area contributed by atoms with Crippen LogP contribution in [-0.2, 0) is 19.4 Å². The zero-order chi connectivity index (χ0) is 15.8. The second-order valence-electron chi connectivity index (χ2n) is 6.88. The lowest BCUT2D eigenvalue weighted by Gasteiger charge is -2.44. The van der Waals surface area contributed by atoms with Crippen molar-refractivity contribution in [3.8, 4) is 0 Å². The molecule has 3 rings (SSSR count). The second-order valence-corrected chi connectivity index (χ2v) is 9.39. The van der Waals surface area contributed by atoms with E-state index < -0.39 is 20.7 Å². The van der Waals surface area contributed by atoms with Crippen LogP contribution in [0.3, 0.4) is 0 Å². The predicted molar refractivity (Wildman–Crippen MR) is 90.4 cm³/mol. The zero-order valence-electron chi connectivity index (χ0n) is 13.4. The van der Waals surface area contributed by atoms with Crippen molar-refractivity contribution in [2.45, 2.75) is 61.9 Å². The van der Waals surface area contributed by atoms with Gasteiger partial charge in [0.2, 0.25) is 0 Å². The van der Waals surface area contributed by atoms with Crippen molar-refractivity contribution in [2.75, 3.05) is 25.4 Å². The van der Waals surface area contributed by atoms with Gasteiger partial charge < -0.3 is 15.4 Å². The van der Waals surface area contributed by atoms with Crippen molar-refractivity contribution in [2.24, 2.45) is 5.73 Å². The van der Waals surface area contributed by atoms with Crippen LogP contribution in [0.2, 0.25) is 0 Å². The quantitative estimate of drug-likeness (QED) is 0.783. The molecule has 2 N–H and O–H groups in total. The van der Waals surface area contributed by atoms with Crippen LogP contribution in [0, 0.1) is 0 Å². The van der Waals surface area contributed by atoms with Crippen LogP contribution in [0.25, 0.3) is 0 Å². The lowest BCUT2D eigenvalue weighted by atomic mass is 9.87. The highest BCUT2D eigenvalue weighted by atomic mass is 35.5. The number of nitrogens with two attached hydrogens (primary N) is 1. The average Bonchev–Trinajstić information content (AvgIpc) is 2.99. The number of ether oxygens (including phenoxy) is 1. The molecule has 6 nitrogen and oxygen atoms in total. The Bertz CT molecular complexity index is 534. The molecule has 134 valence electrons. The summed E-state index contributed by atoms with van der Waals surface area (Å²) in [5.41, 5.74) is 5.59. The first-order valence-electron chi connectivity index (χ1n) is 8.34. The van der Waals surface area contributed by atoms with E-state index in [0.717, 1.165) is 25.7 Å². The van der Waals surface area contributed by atoms with Gasteiger partial charge in [-0.3, -0.25) is 4.79 Å². The summed E-state index contributed by atoms with van der Waals surface area (Å²) < 4.78 is 30.1. The van der Waals surface area contributed by atoms with Crippen LogP contribution in [0.5, 0.6) is 0 Å². The lowest BCUT2D eigenvalue weighted by Crippen LogP contribution is -2.59. The Labute approximate surface area is 144 Å². The molecule has 3 fully saturated rings. The highest BCUT2D eigenvalue weighted by molar-refractivity contribution is 7.92. The number of halogens is 1. The normalized spacial score (nSPS) is 32.5. The van der Waals surface area contributed by atoms with Gasteiger partial charge >= 0.3 is 0 Å². The van der Waals surface area contributed by atoms with Crippen molar-refractivity contribution in [1.29, 1.82) is 0 Å². The minimum absolute atomic E-state index is 0. The molecule has 0 aromatic rings. The smallest absolute Gasteiger partial charge is 0.251 e. The number of hydrogen-bond acceptors (Lipinski definition) is 5. The third-order valence-corrected chi connectivity index (χ3v) is 8.07. The number of hydrogen-bond donors (Lipinski definition) is 1. The van der Waals surface area contributed by atoms with Crippen LogP contribution >= 0.6 is 12.4 Å². The SMILES string of the molecule is Cl.NC[C@H]1CC[C@@H](C(=O)N2CCS(=O)(=O)C3(CCCCC3)C2)O1. The van der Waals surface area contributed by atoms with Gasteiger partial charge in [0.1, 0.15) is 6.10 Å². The summed E-state index contributed by atoms with van der Waals surface area (Å²) in [6.45, 7) is 1.08. The number of amides is 1. The molecule has 0 aromatic heterocycles. The molecule has 0 aromatic carbocycles. The van der Waals surface area contributed by atoms with Crippen molar-refractivity contribution in [1.82, 2.24) is 4.90 Å². The molecule has 3 aliphatic rings. The van der Waals surface area contributed by atoms with Gasteiger partial charge in [-0.1, -0.05) is 19.3 Å². The summed E-state index contributed by atoms with van der Waals surface area (Å²) in [4.78, 5) is 14.4. The first-order valence-corrected chi connectivity index (χ1v) is 9.99. The van der Waals surface area contributed by atoms with Gasteiger partial charge in [0, 0.05) is 19.6 Å². The fraction of sp³-hybridized carbons (Fsp3) is 0.933. The van der Waals surface area contributed by atoms with Gasteiger partial charge in [0.05, 0.1) is 16.6 Å². The summed E-state index contributed by atoms with van der Waals surface area (Å²) in [5.74, 6) is 0.0435. The van der Waals surface area contributed by atoms with E-state index in [1.54, 1.807) is 4.90 Å². The van der Waals surface area contributed by atoms with E-state index in [1.165, 1.54) is 0 Å². The van der Waals surface area contributed by atoms with E-state index in [0.29, 0.717) is 38.9 Å². The summed E-state index contributed by atoms with van der Waals surface area (Å²) in [6.07, 6.45) is 5.39. The maximum absolute atomic E-state index is 12.7. The Kier molecular flexibility index (Phi) is 5.98. The van der Waals surface area contributed by atoms with Crippen molar-refractivity contribution in [3.63, 3.8) is 0 Å². The summed E-state index contributed by atoms with van der Waals surface area (Å²) >= 11 is 0. The van der Waals surface area contributed by atoms with Gasteiger partial charge in [-0.05, 0) is 25.7 Å². The molecule has 1 aliphatic carbocycles. The first kappa shape index (κ1) is 19.0.